The number of halogens is 1. The average Bonchev–Trinajstić information content (AvgIpc) is 2.37. The van der Waals surface area contributed by atoms with Crippen LogP contribution in [0.3, 0.4) is 0 Å². The highest BCUT2D eigenvalue weighted by Crippen LogP contribution is 2.26. The van der Waals surface area contributed by atoms with Gasteiger partial charge in [-0.2, -0.15) is 0 Å². The van der Waals surface area contributed by atoms with Crippen molar-refractivity contribution in [2.75, 3.05) is 6.54 Å². The molecule has 0 amide bonds. The van der Waals surface area contributed by atoms with Gasteiger partial charge in [-0.05, 0) is 25.0 Å². The lowest BCUT2D eigenvalue weighted by molar-refractivity contribution is -0.384. The molecule has 0 fully saturated rings. The fourth-order valence-corrected chi connectivity index (χ4v) is 2.77. The highest BCUT2D eigenvalue weighted by atomic mass is 35.5. The van der Waals surface area contributed by atoms with Crippen molar-refractivity contribution in [3.05, 3.63) is 33.3 Å². The predicted octanol–water partition coefficient (Wildman–Crippen LogP) is 1.78. The second kappa shape index (κ2) is 7.34. The zero-order chi connectivity index (χ0) is 16.0. The van der Waals surface area contributed by atoms with Crippen LogP contribution in [0.15, 0.2) is 23.1 Å². The molecule has 0 saturated carbocycles. The molecule has 0 heterocycles. The fraction of sp³-hybridized carbons (Fsp3) is 0.364. The number of sulfonamides is 1. The Balaban J connectivity index is 2.72. The first kappa shape index (κ1) is 17.3. The molecule has 1 aromatic rings. The lowest BCUT2D eigenvalue weighted by Crippen LogP contribution is -2.25. The normalized spacial score (nSPS) is 11.3. The Morgan fingerprint density at radius 2 is 2.05 bits per heavy atom. The molecule has 0 aromatic heterocycles. The van der Waals surface area contributed by atoms with Gasteiger partial charge < -0.3 is 5.11 Å². The minimum atomic E-state index is -3.89. The minimum Gasteiger partial charge on any atom is -0.481 e. The molecule has 0 aliphatic rings. The van der Waals surface area contributed by atoms with Crippen LogP contribution in [0.25, 0.3) is 0 Å². The Kier molecular flexibility index (Phi) is 6.06. The largest absolute Gasteiger partial charge is 0.481 e. The number of benzene rings is 1. The lowest BCUT2D eigenvalue weighted by Gasteiger charge is -2.06. The summed E-state index contributed by atoms with van der Waals surface area (Å²) in [6.45, 7) is 0.0477. The van der Waals surface area contributed by atoms with E-state index < -0.39 is 26.6 Å². The van der Waals surface area contributed by atoms with Crippen LogP contribution in [-0.2, 0) is 14.8 Å². The van der Waals surface area contributed by atoms with Gasteiger partial charge in [-0.25, -0.2) is 13.1 Å². The molecular weight excluding hydrogens is 324 g/mol. The molecule has 1 aromatic carbocycles. The first-order valence-corrected chi connectivity index (χ1v) is 7.75. The molecule has 0 saturated heterocycles. The molecule has 116 valence electrons. The fourth-order valence-electron chi connectivity index (χ4n) is 1.49. The van der Waals surface area contributed by atoms with Gasteiger partial charge in [-0.3, -0.25) is 14.9 Å². The molecule has 0 atom stereocenters. The van der Waals surface area contributed by atoms with E-state index in [9.17, 15) is 23.3 Å². The molecule has 0 aliphatic carbocycles. The van der Waals surface area contributed by atoms with Crippen molar-refractivity contribution in [3.63, 3.8) is 0 Å². The number of rotatable bonds is 8. The van der Waals surface area contributed by atoms with E-state index in [1.165, 1.54) is 0 Å². The van der Waals surface area contributed by atoms with Crippen LogP contribution < -0.4 is 4.72 Å². The third-order valence-electron chi connectivity index (χ3n) is 2.53. The molecule has 0 aliphatic heterocycles. The number of carbonyl (C=O) groups is 1. The van der Waals surface area contributed by atoms with Gasteiger partial charge in [0, 0.05) is 19.0 Å². The van der Waals surface area contributed by atoms with Crippen LogP contribution >= 0.6 is 11.6 Å². The van der Waals surface area contributed by atoms with Gasteiger partial charge in [0.15, 0.2) is 0 Å². The van der Waals surface area contributed by atoms with Gasteiger partial charge >= 0.3 is 5.97 Å². The van der Waals surface area contributed by atoms with Crippen molar-refractivity contribution in [2.24, 2.45) is 0 Å². The van der Waals surface area contributed by atoms with Crippen molar-refractivity contribution in [2.45, 2.75) is 24.2 Å². The van der Waals surface area contributed by atoms with Crippen molar-refractivity contribution < 1.29 is 23.2 Å². The second-order valence-electron chi connectivity index (χ2n) is 4.12. The van der Waals surface area contributed by atoms with Crippen molar-refractivity contribution in [1.29, 1.82) is 0 Å². The summed E-state index contributed by atoms with van der Waals surface area (Å²) in [5.41, 5.74) is -0.495. The smallest absolute Gasteiger partial charge is 0.303 e. The first-order chi connectivity index (χ1) is 9.74. The standard InChI is InChI=1S/C11H13ClN2O6S/c12-9-5-4-8(7-10(9)14(17)18)21(19,20)13-6-2-1-3-11(15)16/h4-5,7,13H,1-3,6H2,(H,15,16). The molecule has 1 rings (SSSR count). The van der Waals surface area contributed by atoms with E-state index in [0.29, 0.717) is 12.8 Å². The van der Waals surface area contributed by atoms with Gasteiger partial charge in [0.05, 0.1) is 9.82 Å². The van der Waals surface area contributed by atoms with Crippen LogP contribution in [0, 0.1) is 10.1 Å². The number of nitrogens with zero attached hydrogens (tertiary/aromatic N) is 1. The van der Waals surface area contributed by atoms with E-state index in [-0.39, 0.29) is 22.9 Å². The minimum absolute atomic E-state index is 0.0475. The quantitative estimate of drug-likeness (QED) is 0.423. The summed E-state index contributed by atoms with van der Waals surface area (Å²) in [6, 6.07) is 3.18. The number of unbranched alkanes of at least 4 members (excludes halogenated alkanes) is 1. The Morgan fingerprint density at radius 1 is 1.38 bits per heavy atom. The summed E-state index contributed by atoms with van der Waals surface area (Å²) in [7, 11) is -3.89. The van der Waals surface area contributed by atoms with E-state index >= 15 is 0 Å². The van der Waals surface area contributed by atoms with E-state index in [1.807, 2.05) is 0 Å². The van der Waals surface area contributed by atoms with Crippen LogP contribution in [0.2, 0.25) is 5.02 Å². The molecule has 2 N–H and O–H groups in total. The van der Waals surface area contributed by atoms with Crippen LogP contribution in [0.5, 0.6) is 0 Å². The molecule has 0 unspecified atom stereocenters. The summed E-state index contributed by atoms with van der Waals surface area (Å²) in [5.74, 6) is -0.953. The van der Waals surface area contributed by atoms with Gasteiger partial charge in [-0.1, -0.05) is 11.6 Å². The molecule has 0 bridgehead atoms. The summed E-state index contributed by atoms with van der Waals surface area (Å²) in [6.07, 6.45) is 0.633. The maximum absolute atomic E-state index is 11.9. The van der Waals surface area contributed by atoms with Gasteiger partial charge in [0.25, 0.3) is 5.69 Å². The Hall–Kier alpha value is -1.71. The van der Waals surface area contributed by atoms with Gasteiger partial charge in [0.2, 0.25) is 10.0 Å². The zero-order valence-electron chi connectivity index (χ0n) is 10.8. The lowest BCUT2D eigenvalue weighted by atomic mass is 10.2. The van der Waals surface area contributed by atoms with Crippen molar-refractivity contribution in [1.82, 2.24) is 4.72 Å². The number of aliphatic carboxylic acids is 1. The maximum atomic E-state index is 11.9. The van der Waals surface area contributed by atoms with Gasteiger partial charge in [0.1, 0.15) is 5.02 Å². The molecular formula is C11H13ClN2O6S. The molecule has 8 nitrogen and oxygen atoms in total. The van der Waals surface area contributed by atoms with Crippen LogP contribution in [-0.4, -0.2) is 31.0 Å². The molecule has 0 spiro atoms. The molecule has 0 radical (unpaired) electrons. The average molecular weight is 337 g/mol. The monoisotopic (exact) mass is 336 g/mol. The number of carboxylic acids is 1. The molecule has 10 heteroatoms. The zero-order valence-corrected chi connectivity index (χ0v) is 12.4. The maximum Gasteiger partial charge on any atom is 0.303 e. The Labute approximate surface area is 125 Å². The number of hydrogen-bond acceptors (Lipinski definition) is 5. The Bertz CT molecular complexity index is 646. The third-order valence-corrected chi connectivity index (χ3v) is 4.31. The summed E-state index contributed by atoms with van der Waals surface area (Å²) in [5, 5.41) is 19.0. The number of hydrogen-bond donors (Lipinski definition) is 2. The number of carboxylic acid groups (broad SMARTS) is 1. The first-order valence-electron chi connectivity index (χ1n) is 5.89. The van der Waals surface area contributed by atoms with Crippen molar-refractivity contribution in [3.8, 4) is 0 Å². The summed E-state index contributed by atoms with van der Waals surface area (Å²) >= 11 is 5.60. The number of nitrogens with one attached hydrogen (secondary N) is 1. The van der Waals surface area contributed by atoms with E-state index in [4.69, 9.17) is 16.7 Å². The number of nitro benzene ring substituents is 1. The van der Waals surface area contributed by atoms with E-state index in [1.54, 1.807) is 0 Å². The molecule has 21 heavy (non-hydrogen) atoms. The summed E-state index contributed by atoms with van der Waals surface area (Å²) in [4.78, 5) is 20.0. The highest BCUT2D eigenvalue weighted by Gasteiger charge is 2.20. The topological polar surface area (TPSA) is 127 Å². The predicted molar refractivity (Wildman–Crippen MR) is 74.8 cm³/mol. The summed E-state index contributed by atoms with van der Waals surface area (Å²) < 4.78 is 26.1. The SMILES string of the molecule is O=C(O)CCCCNS(=O)(=O)c1ccc(Cl)c([N+](=O)[O-])c1. The second-order valence-corrected chi connectivity index (χ2v) is 6.29. The number of nitro groups is 1. The Morgan fingerprint density at radius 3 is 2.62 bits per heavy atom. The van der Waals surface area contributed by atoms with E-state index in [2.05, 4.69) is 4.72 Å². The highest BCUT2D eigenvalue weighted by molar-refractivity contribution is 7.89. The van der Waals surface area contributed by atoms with Gasteiger partial charge in [-0.15, -0.1) is 0 Å². The third kappa shape index (κ3) is 5.29. The van der Waals surface area contributed by atoms with E-state index in [0.717, 1.165) is 18.2 Å². The van der Waals surface area contributed by atoms with Crippen LogP contribution in [0.1, 0.15) is 19.3 Å². The van der Waals surface area contributed by atoms with Crippen LogP contribution in [0.4, 0.5) is 5.69 Å². The van der Waals surface area contributed by atoms with Crippen molar-refractivity contribution >= 4 is 33.3 Å².